The summed E-state index contributed by atoms with van der Waals surface area (Å²) in [5.74, 6) is 3.84. The van der Waals surface area contributed by atoms with Crippen LogP contribution in [0.4, 0.5) is 0 Å². The average Bonchev–Trinajstić information content (AvgIpc) is 3.24. The lowest BCUT2D eigenvalue weighted by molar-refractivity contribution is 0.347. The molecule has 1 heterocycles. The fourth-order valence-electron chi connectivity index (χ4n) is 3.20. The molecule has 0 atom stereocenters. The van der Waals surface area contributed by atoms with Gasteiger partial charge in [0, 0.05) is 30.2 Å². The second-order valence-electron chi connectivity index (χ2n) is 6.80. The normalized spacial score (nSPS) is 11.1. The lowest BCUT2D eigenvalue weighted by Crippen LogP contribution is -2.36. The SMILES string of the molecule is CCNC(=NCc1cc(OC)c(OC)cc1OC)NCc1cc(C(CC)CC)no1.I. The molecule has 0 fully saturated rings. The molecule has 0 aliphatic rings. The molecule has 1 aromatic carbocycles. The third-order valence-electron chi connectivity index (χ3n) is 4.95. The van der Waals surface area contributed by atoms with Gasteiger partial charge >= 0.3 is 0 Å². The molecular weight excluding hydrogens is 511 g/mol. The Morgan fingerprint density at radius 1 is 0.968 bits per heavy atom. The lowest BCUT2D eigenvalue weighted by Gasteiger charge is -2.14. The fourth-order valence-corrected chi connectivity index (χ4v) is 3.20. The van der Waals surface area contributed by atoms with E-state index in [1.165, 1.54) is 0 Å². The Labute approximate surface area is 202 Å². The van der Waals surface area contributed by atoms with Crippen molar-refractivity contribution in [2.24, 2.45) is 4.99 Å². The van der Waals surface area contributed by atoms with E-state index in [0.717, 1.165) is 36.4 Å². The molecular formula is C22H35IN4O4. The Morgan fingerprint density at radius 2 is 1.61 bits per heavy atom. The van der Waals surface area contributed by atoms with Crippen molar-refractivity contribution in [1.29, 1.82) is 0 Å². The number of ether oxygens (including phenoxy) is 3. The number of nitrogens with zero attached hydrogens (tertiary/aromatic N) is 2. The maximum absolute atomic E-state index is 5.49. The number of halogens is 1. The molecule has 2 aromatic rings. The molecule has 0 amide bonds. The number of guanidine groups is 1. The summed E-state index contributed by atoms with van der Waals surface area (Å²) in [6.45, 7) is 8.01. The molecule has 0 aliphatic heterocycles. The van der Waals surface area contributed by atoms with Crippen molar-refractivity contribution in [3.8, 4) is 17.2 Å². The van der Waals surface area contributed by atoms with Crippen LogP contribution in [0.1, 0.15) is 56.5 Å². The van der Waals surface area contributed by atoms with Crippen molar-refractivity contribution < 1.29 is 18.7 Å². The first kappa shape index (κ1) is 26.9. The van der Waals surface area contributed by atoms with Crippen molar-refractivity contribution in [2.75, 3.05) is 27.9 Å². The number of nitrogens with one attached hydrogen (secondary N) is 2. The number of aromatic nitrogens is 1. The van der Waals surface area contributed by atoms with Gasteiger partial charge in [-0.1, -0.05) is 19.0 Å². The van der Waals surface area contributed by atoms with Crippen LogP contribution >= 0.6 is 24.0 Å². The van der Waals surface area contributed by atoms with Crippen LogP contribution in [0.3, 0.4) is 0 Å². The van der Waals surface area contributed by atoms with Gasteiger partial charge in [0.2, 0.25) is 0 Å². The van der Waals surface area contributed by atoms with Gasteiger partial charge in [-0.25, -0.2) is 4.99 Å². The molecule has 2 rings (SSSR count). The first-order valence-corrected chi connectivity index (χ1v) is 10.4. The number of rotatable bonds is 11. The van der Waals surface area contributed by atoms with E-state index in [9.17, 15) is 0 Å². The van der Waals surface area contributed by atoms with Crippen LogP contribution in [-0.4, -0.2) is 39.0 Å². The highest BCUT2D eigenvalue weighted by Gasteiger charge is 2.14. The lowest BCUT2D eigenvalue weighted by atomic mass is 9.99. The zero-order valence-electron chi connectivity index (χ0n) is 19.3. The van der Waals surface area contributed by atoms with Gasteiger partial charge in [-0.15, -0.1) is 24.0 Å². The van der Waals surface area contributed by atoms with E-state index in [-0.39, 0.29) is 24.0 Å². The Balaban J connectivity index is 0.00000480. The highest BCUT2D eigenvalue weighted by Crippen LogP contribution is 2.34. The third kappa shape index (κ3) is 7.48. The molecule has 0 bridgehead atoms. The van der Waals surface area contributed by atoms with Gasteiger partial charge in [0.15, 0.2) is 23.2 Å². The summed E-state index contributed by atoms with van der Waals surface area (Å²) in [7, 11) is 4.83. The molecule has 0 spiro atoms. The maximum atomic E-state index is 5.49. The minimum absolute atomic E-state index is 0. The molecule has 1 aromatic heterocycles. The quantitative estimate of drug-likeness (QED) is 0.244. The average molecular weight is 546 g/mol. The monoisotopic (exact) mass is 546 g/mol. The molecule has 174 valence electrons. The Bertz CT molecular complexity index is 822. The number of methoxy groups -OCH3 is 3. The van der Waals surface area contributed by atoms with Crippen molar-refractivity contribution in [3.05, 3.63) is 35.2 Å². The van der Waals surface area contributed by atoms with Gasteiger partial charge in [0.05, 0.1) is 40.1 Å². The highest BCUT2D eigenvalue weighted by atomic mass is 127. The molecule has 2 N–H and O–H groups in total. The van der Waals surface area contributed by atoms with Crippen molar-refractivity contribution >= 4 is 29.9 Å². The van der Waals surface area contributed by atoms with Crippen LogP contribution in [0.25, 0.3) is 0 Å². The standard InChI is InChI=1S/C22H34N4O4.HI/c1-7-15(8-2)18-11-17(30-26-18)14-25-22(23-9-3)24-13-16-10-20(28-5)21(29-6)12-19(16)27-4;/h10-12,15H,7-9,13-14H2,1-6H3,(H2,23,24,25);1H. The first-order valence-electron chi connectivity index (χ1n) is 10.4. The van der Waals surface area contributed by atoms with Gasteiger partial charge in [-0.05, 0) is 25.8 Å². The second-order valence-corrected chi connectivity index (χ2v) is 6.80. The number of hydrogen-bond donors (Lipinski definition) is 2. The summed E-state index contributed by atoms with van der Waals surface area (Å²) in [6.07, 6.45) is 2.10. The van der Waals surface area contributed by atoms with E-state index in [2.05, 4.69) is 34.6 Å². The van der Waals surface area contributed by atoms with Gasteiger partial charge in [0.25, 0.3) is 0 Å². The predicted octanol–water partition coefficient (Wildman–Crippen LogP) is 4.48. The zero-order valence-corrected chi connectivity index (χ0v) is 21.6. The van der Waals surface area contributed by atoms with Crippen molar-refractivity contribution in [3.63, 3.8) is 0 Å². The minimum Gasteiger partial charge on any atom is -0.496 e. The summed E-state index contributed by atoms with van der Waals surface area (Å²) >= 11 is 0. The van der Waals surface area contributed by atoms with Gasteiger partial charge in [-0.3, -0.25) is 0 Å². The van der Waals surface area contributed by atoms with Crippen LogP contribution in [0.5, 0.6) is 17.2 Å². The van der Waals surface area contributed by atoms with E-state index in [4.69, 9.17) is 18.7 Å². The van der Waals surface area contributed by atoms with Gasteiger partial charge < -0.3 is 29.4 Å². The van der Waals surface area contributed by atoms with E-state index in [1.54, 1.807) is 27.4 Å². The largest absolute Gasteiger partial charge is 0.496 e. The zero-order chi connectivity index (χ0) is 21.9. The van der Waals surface area contributed by atoms with Gasteiger partial charge in [0.1, 0.15) is 5.75 Å². The highest BCUT2D eigenvalue weighted by molar-refractivity contribution is 14.0. The summed E-state index contributed by atoms with van der Waals surface area (Å²) in [4.78, 5) is 4.67. The fraction of sp³-hybridized carbons (Fsp3) is 0.545. The topological polar surface area (TPSA) is 90.1 Å². The predicted molar refractivity (Wildman–Crippen MR) is 133 cm³/mol. The molecule has 31 heavy (non-hydrogen) atoms. The number of benzene rings is 1. The summed E-state index contributed by atoms with van der Waals surface area (Å²) in [6, 6.07) is 5.70. The molecule has 8 nitrogen and oxygen atoms in total. The summed E-state index contributed by atoms with van der Waals surface area (Å²) < 4.78 is 21.7. The molecule has 0 saturated carbocycles. The second kappa shape index (κ2) is 14.0. The molecule has 9 heteroatoms. The van der Waals surface area contributed by atoms with E-state index in [0.29, 0.717) is 42.2 Å². The van der Waals surface area contributed by atoms with Crippen molar-refractivity contribution in [2.45, 2.75) is 52.6 Å². The first-order chi connectivity index (χ1) is 14.6. The molecule has 0 unspecified atom stereocenters. The van der Waals surface area contributed by atoms with Crippen LogP contribution in [0.15, 0.2) is 27.7 Å². The maximum Gasteiger partial charge on any atom is 0.191 e. The van der Waals surface area contributed by atoms with Crippen LogP contribution in [-0.2, 0) is 13.1 Å². The summed E-state index contributed by atoms with van der Waals surface area (Å²) in [5, 5.41) is 10.8. The number of aliphatic imine (C=N–C) groups is 1. The molecule has 0 aliphatic carbocycles. The Morgan fingerprint density at radius 3 is 2.19 bits per heavy atom. The van der Waals surface area contributed by atoms with Crippen LogP contribution in [0.2, 0.25) is 0 Å². The smallest absolute Gasteiger partial charge is 0.191 e. The third-order valence-corrected chi connectivity index (χ3v) is 4.95. The minimum atomic E-state index is 0. The molecule has 0 radical (unpaired) electrons. The van der Waals surface area contributed by atoms with Gasteiger partial charge in [-0.2, -0.15) is 0 Å². The van der Waals surface area contributed by atoms with E-state index in [1.807, 2.05) is 19.1 Å². The Kier molecular flexibility index (Phi) is 12.1. The van der Waals surface area contributed by atoms with E-state index >= 15 is 0 Å². The molecule has 0 saturated heterocycles. The van der Waals surface area contributed by atoms with Crippen LogP contribution in [0, 0.1) is 0 Å². The van der Waals surface area contributed by atoms with E-state index < -0.39 is 0 Å². The summed E-state index contributed by atoms with van der Waals surface area (Å²) in [5.41, 5.74) is 1.90. The Hall–Kier alpha value is -2.17. The van der Waals surface area contributed by atoms with Crippen LogP contribution < -0.4 is 24.8 Å². The number of hydrogen-bond acceptors (Lipinski definition) is 6. The van der Waals surface area contributed by atoms with Crippen molar-refractivity contribution in [1.82, 2.24) is 15.8 Å².